The summed E-state index contributed by atoms with van der Waals surface area (Å²) >= 11 is 0. The quantitative estimate of drug-likeness (QED) is 0.920. The molecule has 2 atom stereocenters. The van der Waals surface area contributed by atoms with Crippen LogP contribution in [-0.4, -0.2) is 53.5 Å². The van der Waals surface area contributed by atoms with Gasteiger partial charge in [-0.05, 0) is 32.4 Å². The Kier molecular flexibility index (Phi) is 5.13. The third kappa shape index (κ3) is 4.48. The van der Waals surface area contributed by atoms with Crippen LogP contribution < -0.4 is 5.32 Å². The molecule has 1 saturated heterocycles. The van der Waals surface area contributed by atoms with E-state index in [1.165, 1.54) is 5.56 Å². The Balaban J connectivity index is 1.90. The fourth-order valence-corrected chi connectivity index (χ4v) is 2.60. The number of nitrogens with zero attached hydrogens (tertiary/aromatic N) is 2. The van der Waals surface area contributed by atoms with E-state index in [1.807, 2.05) is 38.6 Å². The lowest BCUT2D eigenvalue weighted by atomic mass is 10.2. The molecule has 6 heteroatoms. The SMILES string of the molecule is CO[C@H]1CN(C(=O)OC(C)(C)C)CC1NCc1ccn(C)c1. The van der Waals surface area contributed by atoms with Crippen molar-refractivity contribution in [3.63, 3.8) is 0 Å². The largest absolute Gasteiger partial charge is 0.444 e. The van der Waals surface area contributed by atoms with Crippen molar-refractivity contribution >= 4 is 6.09 Å². The van der Waals surface area contributed by atoms with E-state index in [4.69, 9.17) is 9.47 Å². The van der Waals surface area contributed by atoms with Crippen LogP contribution in [0.3, 0.4) is 0 Å². The van der Waals surface area contributed by atoms with Gasteiger partial charge in [0.25, 0.3) is 0 Å². The second-order valence-electron chi connectivity index (χ2n) is 6.83. The molecule has 124 valence electrons. The number of ether oxygens (including phenoxy) is 2. The average Bonchev–Trinajstić information content (AvgIpc) is 3.00. The van der Waals surface area contributed by atoms with Crippen LogP contribution in [0.15, 0.2) is 18.5 Å². The summed E-state index contributed by atoms with van der Waals surface area (Å²) < 4.78 is 13.0. The lowest BCUT2D eigenvalue weighted by Crippen LogP contribution is -2.40. The molecule has 0 spiro atoms. The highest BCUT2D eigenvalue weighted by Gasteiger charge is 2.37. The van der Waals surface area contributed by atoms with Gasteiger partial charge in [0, 0.05) is 39.6 Å². The second-order valence-corrected chi connectivity index (χ2v) is 6.83. The number of carbonyl (C=O) groups excluding carboxylic acids is 1. The molecule has 1 N–H and O–H groups in total. The topological polar surface area (TPSA) is 55.7 Å². The van der Waals surface area contributed by atoms with Crippen LogP contribution in [0.1, 0.15) is 26.3 Å². The highest BCUT2D eigenvalue weighted by atomic mass is 16.6. The molecule has 1 aromatic rings. The Labute approximate surface area is 132 Å². The Morgan fingerprint density at radius 3 is 2.68 bits per heavy atom. The van der Waals surface area contributed by atoms with Gasteiger partial charge in [-0.2, -0.15) is 0 Å². The normalized spacial score (nSPS) is 22.1. The summed E-state index contributed by atoms with van der Waals surface area (Å²) in [4.78, 5) is 13.9. The van der Waals surface area contributed by atoms with Crippen molar-refractivity contribution in [2.24, 2.45) is 7.05 Å². The molecule has 6 nitrogen and oxygen atoms in total. The van der Waals surface area contributed by atoms with Crippen molar-refractivity contribution in [3.8, 4) is 0 Å². The fourth-order valence-electron chi connectivity index (χ4n) is 2.60. The molecular formula is C16H27N3O3. The maximum absolute atomic E-state index is 12.2. The molecule has 0 radical (unpaired) electrons. The number of nitrogens with one attached hydrogen (secondary N) is 1. The van der Waals surface area contributed by atoms with E-state index in [0.29, 0.717) is 13.1 Å². The van der Waals surface area contributed by atoms with E-state index in [0.717, 1.165) is 6.54 Å². The number of rotatable bonds is 4. The van der Waals surface area contributed by atoms with Gasteiger partial charge >= 0.3 is 6.09 Å². The van der Waals surface area contributed by atoms with Gasteiger partial charge in [0.2, 0.25) is 0 Å². The Hall–Kier alpha value is -1.53. The highest BCUT2D eigenvalue weighted by Crippen LogP contribution is 2.18. The molecule has 0 aromatic carbocycles. The third-order valence-corrected chi connectivity index (χ3v) is 3.68. The summed E-state index contributed by atoms with van der Waals surface area (Å²) in [5.74, 6) is 0. The van der Waals surface area contributed by atoms with Gasteiger partial charge in [-0.15, -0.1) is 0 Å². The number of aryl methyl sites for hydroxylation is 1. The molecule has 2 rings (SSSR count). The van der Waals surface area contributed by atoms with E-state index in [2.05, 4.69) is 17.6 Å². The van der Waals surface area contributed by atoms with Gasteiger partial charge in [-0.25, -0.2) is 4.79 Å². The number of amides is 1. The van der Waals surface area contributed by atoms with Crippen molar-refractivity contribution in [2.45, 2.75) is 45.1 Å². The van der Waals surface area contributed by atoms with Gasteiger partial charge in [0.15, 0.2) is 0 Å². The fraction of sp³-hybridized carbons (Fsp3) is 0.688. The highest BCUT2D eigenvalue weighted by molar-refractivity contribution is 5.68. The molecule has 1 aromatic heterocycles. The van der Waals surface area contributed by atoms with Crippen molar-refractivity contribution in [3.05, 3.63) is 24.0 Å². The predicted octanol–water partition coefficient (Wildman–Crippen LogP) is 1.75. The molecule has 1 unspecified atom stereocenters. The number of hydrogen-bond acceptors (Lipinski definition) is 4. The van der Waals surface area contributed by atoms with E-state index in [9.17, 15) is 4.79 Å². The standard InChI is InChI=1S/C16H27N3O3/c1-16(2,3)22-15(20)19-10-13(14(11-19)21-5)17-8-12-6-7-18(4)9-12/h6-7,9,13-14,17H,8,10-11H2,1-5H3/t13?,14-/m0/s1. The minimum atomic E-state index is -0.477. The van der Waals surface area contributed by atoms with Crippen LogP contribution >= 0.6 is 0 Å². The molecule has 22 heavy (non-hydrogen) atoms. The number of carbonyl (C=O) groups is 1. The summed E-state index contributed by atoms with van der Waals surface area (Å²) in [5.41, 5.74) is 0.739. The van der Waals surface area contributed by atoms with Crippen molar-refractivity contribution < 1.29 is 14.3 Å². The van der Waals surface area contributed by atoms with Crippen molar-refractivity contribution in [1.29, 1.82) is 0 Å². The first-order chi connectivity index (χ1) is 10.3. The van der Waals surface area contributed by atoms with Gasteiger partial charge in [0.1, 0.15) is 5.60 Å². The molecule has 1 aliphatic rings. The first kappa shape index (κ1) is 16.8. The molecule has 0 saturated carbocycles. The first-order valence-corrected chi connectivity index (χ1v) is 7.63. The maximum atomic E-state index is 12.2. The summed E-state index contributed by atoms with van der Waals surface area (Å²) in [7, 11) is 3.68. The zero-order chi connectivity index (χ0) is 16.3. The average molecular weight is 309 g/mol. The van der Waals surface area contributed by atoms with Gasteiger partial charge in [-0.3, -0.25) is 0 Å². The minimum absolute atomic E-state index is 0.0174. The molecule has 1 aliphatic heterocycles. The molecule has 1 amide bonds. The zero-order valence-corrected chi connectivity index (χ0v) is 14.1. The van der Waals surface area contributed by atoms with Gasteiger partial charge in [-0.1, -0.05) is 0 Å². The molecule has 0 aliphatic carbocycles. The minimum Gasteiger partial charge on any atom is -0.444 e. The van der Waals surface area contributed by atoms with Crippen molar-refractivity contribution in [2.75, 3.05) is 20.2 Å². The summed E-state index contributed by atoms with van der Waals surface area (Å²) in [6.07, 6.45) is 3.80. The molecule has 0 bridgehead atoms. The van der Waals surface area contributed by atoms with Crippen LogP contribution in [0.4, 0.5) is 4.79 Å². The van der Waals surface area contributed by atoms with Crippen LogP contribution in [0.25, 0.3) is 0 Å². The Bertz CT molecular complexity index is 507. The van der Waals surface area contributed by atoms with E-state index < -0.39 is 5.60 Å². The lowest BCUT2D eigenvalue weighted by Gasteiger charge is -2.24. The number of likely N-dealkylation sites (tertiary alicyclic amines) is 1. The zero-order valence-electron chi connectivity index (χ0n) is 14.1. The maximum Gasteiger partial charge on any atom is 0.410 e. The Morgan fingerprint density at radius 2 is 2.14 bits per heavy atom. The van der Waals surface area contributed by atoms with Crippen LogP contribution in [0.2, 0.25) is 0 Å². The number of methoxy groups -OCH3 is 1. The smallest absolute Gasteiger partial charge is 0.410 e. The summed E-state index contributed by atoms with van der Waals surface area (Å²) in [5, 5.41) is 3.47. The second kappa shape index (κ2) is 6.71. The summed E-state index contributed by atoms with van der Waals surface area (Å²) in [6.45, 7) is 7.53. The third-order valence-electron chi connectivity index (χ3n) is 3.68. The van der Waals surface area contributed by atoms with Crippen LogP contribution in [0, 0.1) is 0 Å². The van der Waals surface area contributed by atoms with Gasteiger partial charge in [0.05, 0.1) is 18.7 Å². The number of hydrogen-bond donors (Lipinski definition) is 1. The van der Waals surface area contributed by atoms with E-state index in [-0.39, 0.29) is 18.2 Å². The molecular weight excluding hydrogens is 282 g/mol. The summed E-state index contributed by atoms with van der Waals surface area (Å²) in [6, 6.07) is 2.19. The first-order valence-electron chi connectivity index (χ1n) is 7.63. The van der Waals surface area contributed by atoms with E-state index in [1.54, 1.807) is 12.0 Å². The van der Waals surface area contributed by atoms with E-state index >= 15 is 0 Å². The van der Waals surface area contributed by atoms with Gasteiger partial charge < -0.3 is 24.3 Å². The predicted molar refractivity (Wildman–Crippen MR) is 84.6 cm³/mol. The number of aromatic nitrogens is 1. The monoisotopic (exact) mass is 309 g/mol. The van der Waals surface area contributed by atoms with Crippen LogP contribution in [-0.2, 0) is 23.1 Å². The molecule has 1 fully saturated rings. The lowest BCUT2D eigenvalue weighted by molar-refractivity contribution is 0.0252. The Morgan fingerprint density at radius 1 is 1.41 bits per heavy atom. The van der Waals surface area contributed by atoms with Crippen molar-refractivity contribution in [1.82, 2.24) is 14.8 Å². The van der Waals surface area contributed by atoms with Crippen LogP contribution in [0.5, 0.6) is 0 Å². The molecule has 2 heterocycles.